The number of rotatable bonds is 5. The van der Waals surface area contributed by atoms with Crippen molar-refractivity contribution in [3.05, 3.63) is 48.2 Å². The Kier molecular flexibility index (Phi) is 4.99. The van der Waals surface area contributed by atoms with Crippen LogP contribution in [0.25, 0.3) is 10.9 Å². The summed E-state index contributed by atoms with van der Waals surface area (Å²) in [6.07, 6.45) is 1.66. The number of nitrogens with one attached hydrogen (secondary N) is 2. The number of hydrogen-bond donors (Lipinski definition) is 3. The number of amides is 1. The molecule has 7 nitrogen and oxygen atoms in total. The molecular formula is C19H21N5O2. The van der Waals surface area contributed by atoms with Gasteiger partial charge in [-0.2, -0.15) is 0 Å². The first-order valence-corrected chi connectivity index (χ1v) is 8.18. The topological polar surface area (TPSA) is 90.4 Å². The number of phenolic OH excluding ortho intramolecular Hbond substituents is 1. The molecule has 134 valence electrons. The van der Waals surface area contributed by atoms with Crippen LogP contribution in [0.15, 0.2) is 42.6 Å². The molecule has 1 heterocycles. The predicted molar refractivity (Wildman–Crippen MR) is 103 cm³/mol. The van der Waals surface area contributed by atoms with Crippen LogP contribution >= 0.6 is 0 Å². The van der Waals surface area contributed by atoms with E-state index in [-0.39, 0.29) is 11.7 Å². The highest BCUT2D eigenvalue weighted by Crippen LogP contribution is 2.24. The highest BCUT2D eigenvalue weighted by molar-refractivity contribution is 5.89. The number of carbonyl (C=O) groups excluding carboxylic acids is 1. The molecule has 1 aromatic heterocycles. The molecule has 0 unspecified atom stereocenters. The van der Waals surface area contributed by atoms with Crippen LogP contribution in [0, 0.1) is 0 Å². The molecule has 0 spiro atoms. The second-order valence-electron chi connectivity index (χ2n) is 6.40. The Morgan fingerprint density at radius 3 is 2.65 bits per heavy atom. The molecule has 0 saturated carbocycles. The van der Waals surface area contributed by atoms with Crippen molar-refractivity contribution in [3.63, 3.8) is 0 Å². The maximum absolute atomic E-state index is 11.4. The van der Waals surface area contributed by atoms with Gasteiger partial charge in [0.15, 0.2) is 0 Å². The highest BCUT2D eigenvalue weighted by Gasteiger charge is 2.07. The number of fused-ring (bicyclic) bond motifs is 1. The van der Waals surface area contributed by atoms with E-state index in [4.69, 9.17) is 0 Å². The molecule has 2 aromatic carbocycles. The van der Waals surface area contributed by atoms with Crippen molar-refractivity contribution in [3.8, 4) is 5.75 Å². The van der Waals surface area contributed by atoms with Crippen molar-refractivity contribution < 1.29 is 9.90 Å². The lowest BCUT2D eigenvalue weighted by atomic mass is 10.1. The van der Waals surface area contributed by atoms with E-state index in [9.17, 15) is 9.90 Å². The summed E-state index contributed by atoms with van der Waals surface area (Å²) in [4.78, 5) is 22.2. The largest absolute Gasteiger partial charge is 0.508 e. The van der Waals surface area contributed by atoms with Crippen molar-refractivity contribution in [1.29, 1.82) is 0 Å². The Balaban J connectivity index is 1.92. The molecule has 3 aromatic rings. The molecule has 3 rings (SSSR count). The number of hydrogen-bond acceptors (Lipinski definition) is 6. The summed E-state index contributed by atoms with van der Waals surface area (Å²) in [6, 6.07) is 10.7. The molecule has 0 saturated heterocycles. The van der Waals surface area contributed by atoms with Gasteiger partial charge in [-0.25, -0.2) is 9.97 Å². The van der Waals surface area contributed by atoms with E-state index in [0.29, 0.717) is 11.6 Å². The molecule has 3 N–H and O–H groups in total. The quantitative estimate of drug-likeness (QED) is 0.654. The average Bonchev–Trinajstić information content (AvgIpc) is 2.53. The van der Waals surface area contributed by atoms with E-state index in [1.165, 1.54) is 6.92 Å². The van der Waals surface area contributed by atoms with Gasteiger partial charge in [0, 0.05) is 36.4 Å². The second kappa shape index (κ2) is 7.37. The lowest BCUT2D eigenvalue weighted by Gasteiger charge is -2.14. The number of benzene rings is 2. The van der Waals surface area contributed by atoms with Gasteiger partial charge < -0.3 is 20.6 Å². The third-order valence-corrected chi connectivity index (χ3v) is 3.63. The zero-order valence-electron chi connectivity index (χ0n) is 14.9. The average molecular weight is 351 g/mol. The number of carbonyl (C=O) groups is 1. The van der Waals surface area contributed by atoms with Crippen molar-refractivity contribution in [2.45, 2.75) is 13.5 Å². The minimum absolute atomic E-state index is 0.125. The van der Waals surface area contributed by atoms with Gasteiger partial charge in [0.05, 0.1) is 5.52 Å². The van der Waals surface area contributed by atoms with Crippen LogP contribution in [-0.2, 0) is 11.3 Å². The van der Waals surface area contributed by atoms with Crippen molar-refractivity contribution in [1.82, 2.24) is 14.9 Å². The number of aromatic hydroxyl groups is 1. The minimum Gasteiger partial charge on any atom is -0.508 e. The number of nitrogens with zero attached hydrogens (tertiary/aromatic N) is 3. The van der Waals surface area contributed by atoms with Crippen LogP contribution in [0.2, 0.25) is 0 Å². The number of anilines is 3. The van der Waals surface area contributed by atoms with Crippen molar-refractivity contribution in [2.24, 2.45) is 0 Å². The first kappa shape index (κ1) is 17.6. The van der Waals surface area contributed by atoms with Gasteiger partial charge in [-0.3, -0.25) is 4.79 Å². The van der Waals surface area contributed by atoms with Crippen LogP contribution in [0.5, 0.6) is 5.75 Å². The Hall–Kier alpha value is -3.19. The fourth-order valence-corrected chi connectivity index (χ4v) is 2.71. The van der Waals surface area contributed by atoms with Gasteiger partial charge in [0.25, 0.3) is 0 Å². The maximum Gasteiger partial charge on any atom is 0.227 e. The molecule has 1 amide bonds. The lowest BCUT2D eigenvalue weighted by Crippen LogP contribution is -2.12. The molecule has 0 aliphatic rings. The molecule has 0 aliphatic carbocycles. The van der Waals surface area contributed by atoms with Crippen molar-refractivity contribution >= 4 is 34.1 Å². The first-order valence-electron chi connectivity index (χ1n) is 8.18. The molecule has 0 bridgehead atoms. The minimum atomic E-state index is -0.125. The molecule has 26 heavy (non-hydrogen) atoms. The van der Waals surface area contributed by atoms with Gasteiger partial charge in [-0.1, -0.05) is 0 Å². The second-order valence-corrected chi connectivity index (χ2v) is 6.40. The monoisotopic (exact) mass is 351 g/mol. The third-order valence-electron chi connectivity index (χ3n) is 3.63. The van der Waals surface area contributed by atoms with Crippen LogP contribution in [0.3, 0.4) is 0 Å². The fourth-order valence-electron chi connectivity index (χ4n) is 2.71. The van der Waals surface area contributed by atoms with Crippen LogP contribution in [0.4, 0.5) is 17.3 Å². The van der Waals surface area contributed by atoms with E-state index < -0.39 is 0 Å². The van der Waals surface area contributed by atoms with Crippen LogP contribution in [0.1, 0.15) is 12.5 Å². The van der Waals surface area contributed by atoms with Gasteiger partial charge in [0.1, 0.15) is 5.75 Å². The van der Waals surface area contributed by atoms with E-state index in [0.717, 1.165) is 28.7 Å². The summed E-state index contributed by atoms with van der Waals surface area (Å²) in [5, 5.41) is 16.3. The SMILES string of the molecule is CC(=O)Nc1cc(CN(C)C)cc(Nc2ncc3cc(O)ccc3n2)c1. The summed E-state index contributed by atoms with van der Waals surface area (Å²) in [7, 11) is 3.97. The van der Waals surface area contributed by atoms with Gasteiger partial charge in [-0.15, -0.1) is 0 Å². The van der Waals surface area contributed by atoms with E-state index >= 15 is 0 Å². The van der Waals surface area contributed by atoms with Crippen LogP contribution in [-0.4, -0.2) is 40.0 Å². The highest BCUT2D eigenvalue weighted by atomic mass is 16.3. The number of aromatic nitrogens is 2. The zero-order valence-corrected chi connectivity index (χ0v) is 14.9. The predicted octanol–water partition coefficient (Wildman–Crippen LogP) is 3.10. The summed E-state index contributed by atoms with van der Waals surface area (Å²) in [5.74, 6) is 0.497. The Labute approximate surface area is 151 Å². The molecule has 0 fully saturated rings. The maximum atomic E-state index is 11.4. The number of phenols is 1. The van der Waals surface area contributed by atoms with Gasteiger partial charge >= 0.3 is 0 Å². The van der Waals surface area contributed by atoms with Gasteiger partial charge in [0.2, 0.25) is 11.9 Å². The fraction of sp³-hybridized carbons (Fsp3) is 0.211. The smallest absolute Gasteiger partial charge is 0.227 e. The summed E-state index contributed by atoms with van der Waals surface area (Å²) in [5.41, 5.74) is 3.28. The van der Waals surface area contributed by atoms with Crippen molar-refractivity contribution in [2.75, 3.05) is 24.7 Å². The normalized spacial score (nSPS) is 10.9. The van der Waals surface area contributed by atoms with E-state index in [2.05, 4.69) is 25.5 Å². The molecule has 0 atom stereocenters. The molecule has 0 aliphatic heterocycles. The van der Waals surface area contributed by atoms with E-state index in [1.807, 2.05) is 32.3 Å². The van der Waals surface area contributed by atoms with E-state index in [1.54, 1.807) is 24.4 Å². The molecule has 7 heteroatoms. The lowest BCUT2D eigenvalue weighted by molar-refractivity contribution is -0.114. The van der Waals surface area contributed by atoms with Gasteiger partial charge in [-0.05, 0) is 56.1 Å². The summed E-state index contributed by atoms with van der Waals surface area (Å²) >= 11 is 0. The Morgan fingerprint density at radius 1 is 1.15 bits per heavy atom. The first-order chi connectivity index (χ1) is 12.4. The summed E-state index contributed by atoms with van der Waals surface area (Å²) in [6.45, 7) is 2.22. The Morgan fingerprint density at radius 2 is 1.92 bits per heavy atom. The van der Waals surface area contributed by atoms with Crippen LogP contribution < -0.4 is 10.6 Å². The third kappa shape index (κ3) is 4.46. The summed E-state index contributed by atoms with van der Waals surface area (Å²) < 4.78 is 0. The standard InChI is InChI=1S/C19H21N5O2/c1-12(25)21-15-6-13(11-24(2)3)7-16(9-15)22-19-20-10-14-8-17(26)4-5-18(14)23-19/h4-10,26H,11H2,1-3H3,(H,21,25)(H,20,22,23). The molecular weight excluding hydrogens is 330 g/mol. The molecule has 0 radical (unpaired) electrons. The Bertz CT molecular complexity index is 956. The zero-order chi connectivity index (χ0) is 18.7.